The number of ether oxygens (including phenoxy) is 2. The number of nitrogens with zero attached hydrogens (tertiary/aromatic N) is 5. The van der Waals surface area contributed by atoms with Crippen LogP contribution in [0.15, 0.2) is 29.1 Å². The van der Waals surface area contributed by atoms with Crippen LogP contribution in [0.25, 0.3) is 11.0 Å². The molecule has 0 N–H and O–H groups in total. The summed E-state index contributed by atoms with van der Waals surface area (Å²) in [5.41, 5.74) is 1.90. The first-order valence-corrected chi connectivity index (χ1v) is 8.67. The maximum absolute atomic E-state index is 5.40. The molecule has 25 heavy (non-hydrogen) atoms. The molecule has 0 radical (unpaired) electrons. The third-order valence-electron chi connectivity index (χ3n) is 4.06. The molecule has 2 aromatic heterocycles. The van der Waals surface area contributed by atoms with Gasteiger partial charge in [0.1, 0.15) is 16.7 Å². The van der Waals surface area contributed by atoms with E-state index in [4.69, 9.17) is 9.47 Å². The minimum Gasteiger partial charge on any atom is -0.493 e. The molecule has 0 atom stereocenters. The summed E-state index contributed by atoms with van der Waals surface area (Å²) < 4.78 is 13.2. The van der Waals surface area contributed by atoms with Gasteiger partial charge in [-0.15, -0.1) is 0 Å². The lowest BCUT2D eigenvalue weighted by molar-refractivity contribution is 0.354. The summed E-state index contributed by atoms with van der Waals surface area (Å²) in [6.45, 7) is 3.57. The third kappa shape index (κ3) is 3.26. The summed E-state index contributed by atoms with van der Waals surface area (Å²) in [6.07, 6.45) is 1.57. The number of hydrogen-bond acceptors (Lipinski definition) is 6. The zero-order valence-electron chi connectivity index (χ0n) is 14.7. The quantitative estimate of drug-likeness (QED) is 0.627. The van der Waals surface area contributed by atoms with Crippen LogP contribution in [0.5, 0.6) is 11.5 Å². The molecule has 0 bridgehead atoms. The Hall–Kier alpha value is -2.35. The lowest BCUT2D eigenvalue weighted by Gasteiger charge is -2.23. The molecule has 3 aromatic rings. The zero-order valence-corrected chi connectivity index (χ0v) is 16.2. The molecule has 0 amide bonds. The van der Waals surface area contributed by atoms with Crippen molar-refractivity contribution in [3.8, 4) is 11.5 Å². The predicted molar refractivity (Wildman–Crippen MR) is 100 cm³/mol. The largest absolute Gasteiger partial charge is 0.493 e. The lowest BCUT2D eigenvalue weighted by Crippen LogP contribution is -2.23. The first kappa shape index (κ1) is 17.5. The van der Waals surface area contributed by atoms with Crippen molar-refractivity contribution in [3.63, 3.8) is 0 Å². The maximum Gasteiger partial charge on any atom is 0.164 e. The molecule has 0 aliphatic heterocycles. The Morgan fingerprint density at radius 1 is 1.16 bits per heavy atom. The fraction of sp³-hybridized carbons (Fsp3) is 0.353. The number of anilines is 1. The van der Waals surface area contributed by atoms with E-state index in [1.807, 2.05) is 25.2 Å². The second-order valence-electron chi connectivity index (χ2n) is 5.51. The first-order chi connectivity index (χ1) is 12.1. The number of aromatic nitrogens is 4. The molecule has 132 valence electrons. The molecule has 0 aliphatic rings. The standard InChI is InChI=1S/C17H20BrN5O2/c1-5-23(9-11-6-7-12(24-3)13(8-11)25-4)17-14-15(18)21-22(2)16(14)19-10-20-17/h6-8,10H,5,9H2,1-4H3. The summed E-state index contributed by atoms with van der Waals surface area (Å²) in [6, 6.07) is 5.93. The third-order valence-corrected chi connectivity index (χ3v) is 4.62. The van der Waals surface area contributed by atoms with Crippen LogP contribution in [0.1, 0.15) is 12.5 Å². The Labute approximate surface area is 154 Å². The number of halogens is 1. The van der Waals surface area contributed by atoms with Crippen LogP contribution in [0.2, 0.25) is 0 Å². The molecule has 0 aliphatic carbocycles. The number of methoxy groups -OCH3 is 2. The van der Waals surface area contributed by atoms with Crippen LogP contribution in [0.4, 0.5) is 5.82 Å². The fourth-order valence-electron chi connectivity index (χ4n) is 2.80. The molecule has 3 rings (SSSR count). The molecular weight excluding hydrogens is 386 g/mol. The number of aryl methyl sites for hydroxylation is 1. The van der Waals surface area contributed by atoms with Crippen molar-refractivity contribution in [2.75, 3.05) is 25.7 Å². The van der Waals surface area contributed by atoms with Crippen molar-refractivity contribution >= 4 is 32.8 Å². The SMILES string of the molecule is CCN(Cc1ccc(OC)c(OC)c1)c1ncnc2c1c(Br)nn2C. The van der Waals surface area contributed by atoms with E-state index in [0.29, 0.717) is 18.0 Å². The van der Waals surface area contributed by atoms with E-state index >= 15 is 0 Å². The minimum absolute atomic E-state index is 0.685. The first-order valence-electron chi connectivity index (χ1n) is 7.88. The zero-order chi connectivity index (χ0) is 18.0. The van der Waals surface area contributed by atoms with Gasteiger partial charge < -0.3 is 14.4 Å². The number of rotatable bonds is 6. The van der Waals surface area contributed by atoms with Crippen LogP contribution in [-0.2, 0) is 13.6 Å². The highest BCUT2D eigenvalue weighted by atomic mass is 79.9. The molecule has 8 heteroatoms. The Balaban J connectivity index is 1.99. The molecule has 0 saturated carbocycles. The van der Waals surface area contributed by atoms with Gasteiger partial charge in [-0.25, -0.2) is 14.6 Å². The van der Waals surface area contributed by atoms with E-state index in [9.17, 15) is 0 Å². The van der Waals surface area contributed by atoms with Crippen LogP contribution in [-0.4, -0.2) is 40.5 Å². The average Bonchev–Trinajstić information content (AvgIpc) is 2.93. The smallest absolute Gasteiger partial charge is 0.164 e. The van der Waals surface area contributed by atoms with E-state index in [-0.39, 0.29) is 0 Å². The highest BCUT2D eigenvalue weighted by Crippen LogP contribution is 2.32. The number of benzene rings is 1. The minimum atomic E-state index is 0.685. The van der Waals surface area contributed by atoms with E-state index < -0.39 is 0 Å². The maximum atomic E-state index is 5.40. The molecule has 1 aromatic carbocycles. The number of hydrogen-bond donors (Lipinski definition) is 0. The van der Waals surface area contributed by atoms with Gasteiger partial charge in [0.25, 0.3) is 0 Å². The highest BCUT2D eigenvalue weighted by Gasteiger charge is 2.18. The molecule has 7 nitrogen and oxygen atoms in total. The average molecular weight is 406 g/mol. The summed E-state index contributed by atoms with van der Waals surface area (Å²) in [5.74, 6) is 2.28. The van der Waals surface area contributed by atoms with Gasteiger partial charge in [-0.05, 0) is 40.5 Å². The van der Waals surface area contributed by atoms with Gasteiger partial charge in [-0.3, -0.25) is 0 Å². The second kappa shape index (κ2) is 7.26. The Morgan fingerprint density at radius 3 is 2.60 bits per heavy atom. The molecule has 2 heterocycles. The van der Waals surface area contributed by atoms with Gasteiger partial charge in [0.15, 0.2) is 17.1 Å². The van der Waals surface area contributed by atoms with Crippen molar-refractivity contribution < 1.29 is 9.47 Å². The van der Waals surface area contributed by atoms with Crippen LogP contribution in [0, 0.1) is 0 Å². The normalized spacial score (nSPS) is 10.9. The Kier molecular flexibility index (Phi) is 5.08. The van der Waals surface area contributed by atoms with Gasteiger partial charge >= 0.3 is 0 Å². The highest BCUT2D eigenvalue weighted by molar-refractivity contribution is 9.10. The molecule has 0 spiro atoms. The van der Waals surface area contributed by atoms with Crippen molar-refractivity contribution in [1.82, 2.24) is 19.7 Å². The van der Waals surface area contributed by atoms with E-state index in [2.05, 4.69) is 42.8 Å². The van der Waals surface area contributed by atoms with Crippen LogP contribution in [0.3, 0.4) is 0 Å². The van der Waals surface area contributed by atoms with Crippen molar-refractivity contribution in [2.45, 2.75) is 13.5 Å². The van der Waals surface area contributed by atoms with E-state index in [1.165, 1.54) is 0 Å². The molecule has 0 unspecified atom stereocenters. The number of fused-ring (bicyclic) bond motifs is 1. The fourth-order valence-corrected chi connectivity index (χ4v) is 3.39. The van der Waals surface area contributed by atoms with Gasteiger partial charge in [0, 0.05) is 20.1 Å². The summed E-state index contributed by atoms with van der Waals surface area (Å²) >= 11 is 3.52. The Bertz CT molecular complexity index is 896. The van der Waals surface area contributed by atoms with Crippen molar-refractivity contribution in [3.05, 3.63) is 34.7 Å². The summed E-state index contributed by atoms with van der Waals surface area (Å²) in [7, 11) is 5.14. The van der Waals surface area contributed by atoms with Crippen LogP contribution >= 0.6 is 15.9 Å². The lowest BCUT2D eigenvalue weighted by atomic mass is 10.2. The van der Waals surface area contributed by atoms with Gasteiger partial charge in [0.2, 0.25) is 0 Å². The monoisotopic (exact) mass is 405 g/mol. The van der Waals surface area contributed by atoms with E-state index in [0.717, 1.165) is 33.6 Å². The van der Waals surface area contributed by atoms with Crippen molar-refractivity contribution in [1.29, 1.82) is 0 Å². The second-order valence-corrected chi connectivity index (χ2v) is 6.26. The van der Waals surface area contributed by atoms with Gasteiger partial charge in [-0.1, -0.05) is 6.07 Å². The summed E-state index contributed by atoms with van der Waals surface area (Å²) in [5, 5.41) is 5.30. The summed E-state index contributed by atoms with van der Waals surface area (Å²) in [4.78, 5) is 11.0. The van der Waals surface area contributed by atoms with Crippen LogP contribution < -0.4 is 14.4 Å². The molecule has 0 saturated heterocycles. The van der Waals surface area contributed by atoms with Gasteiger partial charge in [-0.2, -0.15) is 5.10 Å². The van der Waals surface area contributed by atoms with Crippen molar-refractivity contribution in [2.24, 2.45) is 7.05 Å². The molecular formula is C17H20BrN5O2. The Morgan fingerprint density at radius 2 is 1.92 bits per heavy atom. The molecule has 0 fully saturated rings. The van der Waals surface area contributed by atoms with E-state index in [1.54, 1.807) is 25.2 Å². The predicted octanol–water partition coefficient (Wildman–Crippen LogP) is 3.17. The van der Waals surface area contributed by atoms with Gasteiger partial charge in [0.05, 0.1) is 19.6 Å². The topological polar surface area (TPSA) is 65.3 Å².